The van der Waals surface area contributed by atoms with Crippen LogP contribution < -0.4 is 5.32 Å². The molecule has 1 atom stereocenters. The van der Waals surface area contributed by atoms with Crippen molar-refractivity contribution < 1.29 is 9.59 Å². The average molecular weight is 339 g/mol. The third kappa shape index (κ3) is 3.41. The van der Waals surface area contributed by atoms with E-state index in [4.69, 9.17) is 0 Å². The number of aromatic amines is 1. The van der Waals surface area contributed by atoms with E-state index in [0.29, 0.717) is 18.2 Å². The van der Waals surface area contributed by atoms with Gasteiger partial charge in [-0.05, 0) is 49.9 Å². The topological polar surface area (TPSA) is 65.2 Å². The van der Waals surface area contributed by atoms with Crippen LogP contribution >= 0.6 is 0 Å². The summed E-state index contributed by atoms with van der Waals surface area (Å²) in [6.07, 6.45) is 8.25. The zero-order chi connectivity index (χ0) is 17.2. The Morgan fingerprint density at radius 2 is 1.92 bits per heavy atom. The lowest BCUT2D eigenvalue weighted by atomic mass is 9.96. The van der Waals surface area contributed by atoms with Crippen molar-refractivity contribution in [3.8, 4) is 0 Å². The molecule has 0 radical (unpaired) electrons. The Labute approximate surface area is 147 Å². The number of fused-ring (bicyclic) bond motifs is 1. The minimum Gasteiger partial charge on any atom is -0.361 e. The smallest absolute Gasteiger partial charge is 0.253 e. The van der Waals surface area contributed by atoms with Crippen molar-refractivity contribution in [2.24, 2.45) is 5.92 Å². The Kier molecular flexibility index (Phi) is 4.47. The van der Waals surface area contributed by atoms with Gasteiger partial charge in [-0.3, -0.25) is 9.59 Å². The third-order valence-corrected chi connectivity index (χ3v) is 5.58. The van der Waals surface area contributed by atoms with Crippen LogP contribution in [-0.2, 0) is 4.79 Å². The van der Waals surface area contributed by atoms with E-state index in [1.165, 1.54) is 12.8 Å². The highest BCUT2D eigenvalue weighted by atomic mass is 16.2. The van der Waals surface area contributed by atoms with Crippen molar-refractivity contribution in [2.75, 3.05) is 13.1 Å². The number of amides is 2. The van der Waals surface area contributed by atoms with Crippen LogP contribution in [0.25, 0.3) is 10.9 Å². The molecule has 1 saturated heterocycles. The predicted octanol–water partition coefficient (Wildman–Crippen LogP) is 3.08. The normalized spacial score (nSPS) is 21.6. The molecule has 2 fully saturated rings. The second-order valence-corrected chi connectivity index (χ2v) is 7.36. The zero-order valence-corrected chi connectivity index (χ0v) is 14.5. The minimum absolute atomic E-state index is 0.0291. The monoisotopic (exact) mass is 339 g/mol. The highest BCUT2D eigenvalue weighted by Gasteiger charge is 2.30. The maximum absolute atomic E-state index is 12.9. The van der Waals surface area contributed by atoms with Crippen molar-refractivity contribution in [1.82, 2.24) is 15.2 Å². The first kappa shape index (κ1) is 16.2. The fourth-order valence-electron chi connectivity index (χ4n) is 4.13. The molecule has 5 heteroatoms. The number of nitrogens with zero attached hydrogens (tertiary/aromatic N) is 1. The molecular formula is C20H25N3O2. The number of carbonyl (C=O) groups excluding carboxylic acids is 2. The van der Waals surface area contributed by atoms with Gasteiger partial charge in [-0.15, -0.1) is 0 Å². The summed E-state index contributed by atoms with van der Waals surface area (Å²) in [6, 6.07) is 8.05. The molecule has 1 aliphatic heterocycles. The van der Waals surface area contributed by atoms with Gasteiger partial charge >= 0.3 is 0 Å². The van der Waals surface area contributed by atoms with E-state index < -0.39 is 0 Å². The number of H-pyrrole nitrogens is 1. The van der Waals surface area contributed by atoms with Crippen LogP contribution in [0.15, 0.2) is 30.5 Å². The van der Waals surface area contributed by atoms with E-state index in [2.05, 4.69) is 10.3 Å². The molecule has 2 aromatic rings. The Morgan fingerprint density at radius 1 is 1.08 bits per heavy atom. The number of benzene rings is 1. The highest BCUT2D eigenvalue weighted by molar-refractivity contribution is 5.98. The van der Waals surface area contributed by atoms with Gasteiger partial charge in [-0.1, -0.05) is 12.8 Å². The van der Waals surface area contributed by atoms with Gasteiger partial charge in [0.05, 0.1) is 5.92 Å². The first-order valence-corrected chi connectivity index (χ1v) is 9.37. The van der Waals surface area contributed by atoms with Crippen LogP contribution in [0.2, 0.25) is 0 Å². The summed E-state index contributed by atoms with van der Waals surface area (Å²) >= 11 is 0. The van der Waals surface area contributed by atoms with Gasteiger partial charge in [0.2, 0.25) is 5.91 Å². The molecule has 1 saturated carbocycles. The molecule has 1 aliphatic carbocycles. The lowest BCUT2D eigenvalue weighted by molar-refractivity contribution is -0.127. The quantitative estimate of drug-likeness (QED) is 0.902. The minimum atomic E-state index is -0.0747. The van der Waals surface area contributed by atoms with E-state index in [1.807, 2.05) is 35.4 Å². The van der Waals surface area contributed by atoms with Gasteiger partial charge in [0.1, 0.15) is 0 Å². The van der Waals surface area contributed by atoms with Gasteiger partial charge in [-0.2, -0.15) is 0 Å². The maximum Gasteiger partial charge on any atom is 0.253 e. The molecule has 1 aromatic heterocycles. The summed E-state index contributed by atoms with van der Waals surface area (Å²) < 4.78 is 0. The zero-order valence-electron chi connectivity index (χ0n) is 14.5. The van der Waals surface area contributed by atoms with Crippen LogP contribution in [0.1, 0.15) is 48.9 Å². The molecular weight excluding hydrogens is 314 g/mol. The summed E-state index contributed by atoms with van der Waals surface area (Å²) in [5, 5.41) is 4.23. The van der Waals surface area contributed by atoms with E-state index in [0.717, 1.165) is 43.1 Å². The van der Waals surface area contributed by atoms with Crippen molar-refractivity contribution in [3.05, 3.63) is 36.0 Å². The van der Waals surface area contributed by atoms with Crippen LogP contribution in [0.3, 0.4) is 0 Å². The molecule has 5 nitrogen and oxygen atoms in total. The Hall–Kier alpha value is -2.30. The number of hydrogen-bond acceptors (Lipinski definition) is 2. The largest absolute Gasteiger partial charge is 0.361 e. The van der Waals surface area contributed by atoms with E-state index in [9.17, 15) is 9.59 Å². The SMILES string of the molecule is O=C(NC1CCCC1)[C@@H]1CCCN(C(=O)c2ccc3[nH]ccc3c2)C1. The van der Waals surface area contributed by atoms with E-state index in [1.54, 1.807) is 0 Å². The Bertz CT molecular complexity index is 776. The average Bonchev–Trinajstić information content (AvgIpc) is 3.32. The summed E-state index contributed by atoms with van der Waals surface area (Å²) in [4.78, 5) is 30.4. The van der Waals surface area contributed by atoms with E-state index >= 15 is 0 Å². The fraction of sp³-hybridized carbons (Fsp3) is 0.500. The number of hydrogen-bond donors (Lipinski definition) is 2. The van der Waals surface area contributed by atoms with Crippen LogP contribution in [0, 0.1) is 5.92 Å². The van der Waals surface area contributed by atoms with Crippen molar-refractivity contribution in [1.29, 1.82) is 0 Å². The lowest BCUT2D eigenvalue weighted by Gasteiger charge is -2.32. The first-order chi connectivity index (χ1) is 12.2. The predicted molar refractivity (Wildman–Crippen MR) is 97.3 cm³/mol. The summed E-state index contributed by atoms with van der Waals surface area (Å²) in [7, 11) is 0. The second-order valence-electron chi connectivity index (χ2n) is 7.36. The van der Waals surface area contributed by atoms with Crippen molar-refractivity contribution in [2.45, 2.75) is 44.6 Å². The highest BCUT2D eigenvalue weighted by Crippen LogP contribution is 2.23. The number of carbonyl (C=O) groups is 2. The number of likely N-dealkylation sites (tertiary alicyclic amines) is 1. The van der Waals surface area contributed by atoms with Crippen molar-refractivity contribution >= 4 is 22.7 Å². The van der Waals surface area contributed by atoms with Crippen LogP contribution in [0.5, 0.6) is 0 Å². The second kappa shape index (κ2) is 6.90. The first-order valence-electron chi connectivity index (χ1n) is 9.37. The number of nitrogens with one attached hydrogen (secondary N) is 2. The Balaban J connectivity index is 1.42. The molecule has 2 N–H and O–H groups in total. The van der Waals surface area contributed by atoms with Gasteiger partial charge in [0, 0.05) is 41.8 Å². The molecule has 2 aliphatic rings. The molecule has 2 amide bonds. The van der Waals surface area contributed by atoms with Crippen LogP contribution in [0.4, 0.5) is 0 Å². The van der Waals surface area contributed by atoms with Gasteiger partial charge in [0.15, 0.2) is 0 Å². The number of piperidine rings is 1. The third-order valence-electron chi connectivity index (χ3n) is 5.58. The Morgan fingerprint density at radius 3 is 2.76 bits per heavy atom. The molecule has 1 aromatic carbocycles. The standard InChI is InChI=1S/C20H25N3O2/c24-19(22-17-5-1-2-6-17)16-4-3-11-23(13-16)20(25)15-7-8-18-14(12-15)9-10-21-18/h7-10,12,16-17,21H,1-6,11,13H2,(H,22,24)/t16-/m1/s1. The molecule has 2 heterocycles. The summed E-state index contributed by atoms with van der Waals surface area (Å²) in [5.41, 5.74) is 1.73. The molecule has 4 rings (SSSR count). The van der Waals surface area contributed by atoms with Gasteiger partial charge in [0.25, 0.3) is 5.91 Å². The van der Waals surface area contributed by atoms with Gasteiger partial charge < -0.3 is 15.2 Å². The van der Waals surface area contributed by atoms with Crippen LogP contribution in [-0.4, -0.2) is 40.8 Å². The molecule has 0 bridgehead atoms. The van der Waals surface area contributed by atoms with Gasteiger partial charge in [-0.25, -0.2) is 0 Å². The van der Waals surface area contributed by atoms with E-state index in [-0.39, 0.29) is 17.7 Å². The number of rotatable bonds is 3. The number of aromatic nitrogens is 1. The summed E-state index contributed by atoms with van der Waals surface area (Å²) in [5.74, 6) is 0.0845. The molecule has 0 spiro atoms. The summed E-state index contributed by atoms with van der Waals surface area (Å²) in [6.45, 7) is 1.26. The lowest BCUT2D eigenvalue weighted by Crippen LogP contribution is -2.47. The molecule has 0 unspecified atom stereocenters. The molecule has 132 valence electrons. The van der Waals surface area contributed by atoms with Crippen molar-refractivity contribution in [3.63, 3.8) is 0 Å². The fourth-order valence-corrected chi connectivity index (χ4v) is 4.13. The molecule has 25 heavy (non-hydrogen) atoms. The maximum atomic E-state index is 12.9.